The molecule has 0 fully saturated rings. The second-order valence-electron chi connectivity index (χ2n) is 2.08. The van der Waals surface area contributed by atoms with Crippen molar-refractivity contribution in [2.75, 3.05) is 0 Å². The van der Waals surface area contributed by atoms with E-state index in [9.17, 15) is 0 Å². The maximum atomic E-state index is 8.56. The van der Waals surface area contributed by atoms with Crippen molar-refractivity contribution in [3.05, 3.63) is 37.2 Å². The van der Waals surface area contributed by atoms with Gasteiger partial charge in [-0.3, -0.25) is 5.10 Å². The normalized spacial score (nSPS) is 6.94. The van der Waals surface area contributed by atoms with Crippen molar-refractivity contribution in [3.8, 4) is 6.07 Å². The molecule has 0 atom stereocenters. The smallest absolute Gasteiger partial charge is 0.512 e. The maximum Gasteiger partial charge on any atom is 2.00 e. The Morgan fingerprint density at radius 3 is 2.44 bits per heavy atom. The molecule has 0 amide bonds. The molecule has 0 spiro atoms. The molecule has 1 N–H and O–H groups in total. The number of aromatic amines is 1. The number of hydrogen-bond donors (Lipinski definition) is 1. The van der Waals surface area contributed by atoms with E-state index in [0.717, 1.165) is 5.39 Å². The summed E-state index contributed by atoms with van der Waals surface area (Å²) in [6.45, 7) is 9.50. The van der Waals surface area contributed by atoms with Crippen LogP contribution in [-0.2, 0) is 19.5 Å². The molecule has 0 aliphatic carbocycles. The zero-order valence-electron chi connectivity index (χ0n) is 8.18. The van der Waals surface area contributed by atoms with Gasteiger partial charge in [0, 0.05) is 6.20 Å². The number of aromatic nitrogens is 3. The van der Waals surface area contributed by atoms with Crippen molar-refractivity contribution in [1.82, 2.24) is 15.2 Å². The van der Waals surface area contributed by atoms with Gasteiger partial charge in [0.1, 0.15) is 6.07 Å². The molecule has 0 bridgehead atoms. The van der Waals surface area contributed by atoms with Crippen LogP contribution in [0.2, 0.25) is 0 Å². The number of H-pyrrole nitrogens is 1. The van der Waals surface area contributed by atoms with Crippen LogP contribution in [0.15, 0.2) is 18.3 Å². The monoisotopic (exact) mass is 260 g/mol. The van der Waals surface area contributed by atoms with Crippen molar-refractivity contribution in [1.29, 1.82) is 15.8 Å². The summed E-state index contributed by atoms with van der Waals surface area (Å²) in [5.74, 6) is 0. The Bertz CT molecular complexity index is 500. The molecular formula is C9H4N6Zn. The summed E-state index contributed by atoms with van der Waals surface area (Å²) in [5.41, 5.74) is 1.05. The second kappa shape index (κ2) is 9.28. The van der Waals surface area contributed by atoms with Crippen LogP contribution in [0.1, 0.15) is 5.69 Å². The van der Waals surface area contributed by atoms with Crippen molar-refractivity contribution < 1.29 is 19.5 Å². The fourth-order valence-electron chi connectivity index (χ4n) is 0.940. The maximum absolute atomic E-state index is 8.56. The summed E-state index contributed by atoms with van der Waals surface area (Å²) < 4.78 is 0. The summed E-state index contributed by atoms with van der Waals surface area (Å²) in [4.78, 5) is 3.98. The Balaban J connectivity index is 0. The van der Waals surface area contributed by atoms with E-state index in [1.807, 2.05) is 12.1 Å². The number of hydrogen-bond acceptors (Lipinski definition) is 5. The van der Waals surface area contributed by atoms with E-state index in [-0.39, 0.29) is 19.5 Å². The molecular weight excluding hydrogens is 258 g/mol. The third-order valence-corrected chi connectivity index (χ3v) is 1.44. The van der Waals surface area contributed by atoms with E-state index in [4.69, 9.17) is 28.9 Å². The Labute approximate surface area is 105 Å². The number of fused-ring (bicyclic) bond motifs is 1. The van der Waals surface area contributed by atoms with E-state index in [2.05, 4.69) is 15.2 Å². The summed E-state index contributed by atoms with van der Waals surface area (Å²) in [6.07, 6.45) is 1.65. The molecule has 0 saturated carbocycles. The second-order valence-corrected chi connectivity index (χ2v) is 2.08. The molecule has 0 unspecified atom stereocenters. The van der Waals surface area contributed by atoms with Crippen molar-refractivity contribution in [2.45, 2.75) is 0 Å². The zero-order valence-corrected chi connectivity index (χ0v) is 11.1. The largest absolute Gasteiger partial charge is 2.00 e. The minimum absolute atomic E-state index is 0. The SMILES string of the molecule is N#Cc1n[nH]c2ncccc12.[C-]#N.[C-]#N.[Zn+2]. The summed E-state index contributed by atoms with van der Waals surface area (Å²) in [6, 6.07) is 5.55. The first-order valence-corrected chi connectivity index (χ1v) is 3.56. The quantitative estimate of drug-likeness (QED) is 0.562. The van der Waals surface area contributed by atoms with Crippen LogP contribution in [0.5, 0.6) is 0 Å². The van der Waals surface area contributed by atoms with Gasteiger partial charge in [0.05, 0.1) is 5.39 Å². The molecule has 2 heterocycles. The molecule has 0 radical (unpaired) electrons. The molecule has 0 saturated heterocycles. The van der Waals surface area contributed by atoms with Gasteiger partial charge in [0.25, 0.3) is 0 Å². The van der Waals surface area contributed by atoms with Crippen LogP contribution < -0.4 is 0 Å². The van der Waals surface area contributed by atoms with Gasteiger partial charge < -0.3 is 23.7 Å². The fourth-order valence-corrected chi connectivity index (χ4v) is 0.940. The van der Waals surface area contributed by atoms with E-state index < -0.39 is 0 Å². The third-order valence-electron chi connectivity index (χ3n) is 1.44. The average molecular weight is 262 g/mol. The van der Waals surface area contributed by atoms with Crippen molar-refractivity contribution in [3.63, 3.8) is 0 Å². The molecule has 2 aromatic heterocycles. The molecule has 0 aliphatic heterocycles. The van der Waals surface area contributed by atoms with Gasteiger partial charge in [-0.2, -0.15) is 10.4 Å². The van der Waals surface area contributed by atoms with E-state index in [1.165, 1.54) is 0 Å². The van der Waals surface area contributed by atoms with Crippen LogP contribution in [0.3, 0.4) is 0 Å². The van der Waals surface area contributed by atoms with Crippen molar-refractivity contribution >= 4 is 11.0 Å². The Morgan fingerprint density at radius 2 is 1.88 bits per heavy atom. The Kier molecular flexibility index (Phi) is 9.37. The summed E-state index contributed by atoms with van der Waals surface area (Å²) >= 11 is 0. The predicted octanol–water partition coefficient (Wildman–Crippen LogP) is 1.02. The van der Waals surface area contributed by atoms with Crippen molar-refractivity contribution in [2.24, 2.45) is 0 Å². The van der Waals surface area contributed by atoms with Crippen LogP contribution >= 0.6 is 0 Å². The fraction of sp³-hybridized carbons (Fsp3) is 0. The summed E-state index contributed by atoms with van der Waals surface area (Å²) in [5, 5.41) is 28.3. The third kappa shape index (κ3) is 3.46. The number of nitrogens with zero attached hydrogens (tertiary/aromatic N) is 5. The van der Waals surface area contributed by atoms with Crippen LogP contribution in [-0.4, -0.2) is 15.2 Å². The number of nitrogens with one attached hydrogen (secondary N) is 1. The van der Waals surface area contributed by atoms with Gasteiger partial charge >= 0.3 is 19.5 Å². The standard InChI is InChI=1S/C7H4N4.2CN.Zn/c8-4-6-5-2-1-3-9-7(5)11-10-6;2*1-2;/h1-3H,(H,9,10,11);;;/q;2*-1;+2. The van der Waals surface area contributed by atoms with E-state index in [1.54, 1.807) is 12.3 Å². The first kappa shape index (κ1) is 16.2. The van der Waals surface area contributed by atoms with E-state index in [0.29, 0.717) is 11.3 Å². The summed E-state index contributed by atoms with van der Waals surface area (Å²) in [7, 11) is 0. The van der Waals surface area contributed by atoms with Gasteiger partial charge in [-0.25, -0.2) is 4.98 Å². The van der Waals surface area contributed by atoms with Gasteiger partial charge in [0.15, 0.2) is 11.3 Å². The molecule has 0 aliphatic rings. The molecule has 2 rings (SSSR count). The minimum Gasteiger partial charge on any atom is -0.512 e. The Hall–Kier alpha value is -2.29. The minimum atomic E-state index is 0. The zero-order chi connectivity index (χ0) is 11.7. The topological polar surface area (TPSA) is 113 Å². The van der Waals surface area contributed by atoms with Gasteiger partial charge in [-0.1, -0.05) is 0 Å². The molecule has 6 nitrogen and oxygen atoms in total. The van der Waals surface area contributed by atoms with E-state index >= 15 is 0 Å². The molecule has 7 heteroatoms. The number of rotatable bonds is 0. The average Bonchev–Trinajstić information content (AvgIpc) is 2.77. The van der Waals surface area contributed by atoms with Gasteiger partial charge in [0.2, 0.25) is 0 Å². The molecule has 72 valence electrons. The van der Waals surface area contributed by atoms with Gasteiger partial charge in [-0.05, 0) is 12.1 Å². The number of nitriles is 1. The first-order chi connectivity index (χ1) is 7.42. The predicted molar refractivity (Wildman–Crippen MR) is 48.5 cm³/mol. The van der Waals surface area contributed by atoms with Crippen LogP contribution in [0.4, 0.5) is 0 Å². The number of pyridine rings is 1. The van der Waals surface area contributed by atoms with Crippen LogP contribution in [0.25, 0.3) is 11.0 Å². The molecule has 2 aromatic rings. The molecule has 0 aromatic carbocycles. The molecule has 16 heavy (non-hydrogen) atoms. The van der Waals surface area contributed by atoms with Crippen LogP contribution in [0, 0.1) is 35.0 Å². The Morgan fingerprint density at radius 1 is 1.25 bits per heavy atom. The van der Waals surface area contributed by atoms with Gasteiger partial charge in [-0.15, -0.1) is 0 Å². The first-order valence-electron chi connectivity index (χ1n) is 3.56.